The van der Waals surface area contributed by atoms with E-state index in [9.17, 15) is 0 Å². The van der Waals surface area contributed by atoms with Crippen LogP contribution in [0, 0.1) is 11.3 Å². The normalized spacial score (nSPS) is 15.0. The molecule has 0 saturated carbocycles. The summed E-state index contributed by atoms with van der Waals surface area (Å²) in [5.74, 6) is 0.750. The van der Waals surface area contributed by atoms with Crippen LogP contribution in [0.4, 0.5) is 0 Å². The molecular formula is C11H25NO. The van der Waals surface area contributed by atoms with Crippen LogP contribution in [0.1, 0.15) is 34.1 Å². The maximum Gasteiger partial charge on any atom is 0.0494 e. The van der Waals surface area contributed by atoms with E-state index in [-0.39, 0.29) is 12.0 Å². The molecular weight excluding hydrogens is 162 g/mol. The van der Waals surface area contributed by atoms with Crippen molar-refractivity contribution < 1.29 is 5.11 Å². The number of nitrogens with zero attached hydrogens (tertiary/aromatic N) is 1. The Balaban J connectivity index is 3.79. The first-order chi connectivity index (χ1) is 5.91. The first-order valence-electron chi connectivity index (χ1n) is 5.20. The van der Waals surface area contributed by atoms with Crippen LogP contribution in [0.25, 0.3) is 0 Å². The molecule has 0 spiro atoms. The van der Waals surface area contributed by atoms with Gasteiger partial charge in [0.25, 0.3) is 0 Å². The molecule has 2 nitrogen and oxygen atoms in total. The summed E-state index contributed by atoms with van der Waals surface area (Å²) in [4.78, 5) is 2.31. The van der Waals surface area contributed by atoms with Gasteiger partial charge in [0.2, 0.25) is 0 Å². The predicted molar refractivity (Wildman–Crippen MR) is 57.8 cm³/mol. The van der Waals surface area contributed by atoms with Crippen LogP contribution < -0.4 is 0 Å². The molecule has 0 fully saturated rings. The Morgan fingerprint density at radius 2 is 1.92 bits per heavy atom. The Bertz CT molecular complexity index is 134. The van der Waals surface area contributed by atoms with Crippen LogP contribution in [-0.4, -0.2) is 36.8 Å². The monoisotopic (exact) mass is 187 g/mol. The standard InChI is InChI=1S/C11H25NO/c1-6-10(2)7-12(5)8-11(3,4)9-13/h10,13H,6-9H2,1-5H3. The van der Waals surface area contributed by atoms with Crippen molar-refractivity contribution in [2.24, 2.45) is 11.3 Å². The van der Waals surface area contributed by atoms with Crippen LogP contribution >= 0.6 is 0 Å². The topological polar surface area (TPSA) is 23.5 Å². The first-order valence-corrected chi connectivity index (χ1v) is 5.20. The molecule has 1 atom stereocenters. The first kappa shape index (κ1) is 12.9. The molecule has 0 aromatic rings. The molecule has 0 amide bonds. The second-order valence-corrected chi connectivity index (χ2v) is 5.03. The van der Waals surface area contributed by atoms with Crippen molar-refractivity contribution in [2.75, 3.05) is 26.7 Å². The van der Waals surface area contributed by atoms with E-state index in [0.29, 0.717) is 0 Å². The number of aliphatic hydroxyl groups is 1. The molecule has 80 valence electrons. The highest BCUT2D eigenvalue weighted by atomic mass is 16.3. The van der Waals surface area contributed by atoms with Gasteiger partial charge in [0.15, 0.2) is 0 Å². The fourth-order valence-electron chi connectivity index (χ4n) is 1.51. The van der Waals surface area contributed by atoms with Gasteiger partial charge < -0.3 is 10.0 Å². The third kappa shape index (κ3) is 6.05. The molecule has 0 saturated heterocycles. The molecule has 2 heteroatoms. The van der Waals surface area contributed by atoms with Gasteiger partial charge in [0, 0.05) is 25.1 Å². The van der Waals surface area contributed by atoms with Gasteiger partial charge in [-0.2, -0.15) is 0 Å². The quantitative estimate of drug-likeness (QED) is 0.687. The minimum absolute atomic E-state index is 0.0300. The van der Waals surface area contributed by atoms with Crippen LogP contribution in [0.5, 0.6) is 0 Å². The van der Waals surface area contributed by atoms with E-state index in [4.69, 9.17) is 5.11 Å². The molecule has 0 rings (SSSR count). The highest BCUT2D eigenvalue weighted by molar-refractivity contribution is 4.71. The predicted octanol–water partition coefficient (Wildman–Crippen LogP) is 1.98. The van der Waals surface area contributed by atoms with Gasteiger partial charge >= 0.3 is 0 Å². The lowest BCUT2D eigenvalue weighted by molar-refractivity contribution is 0.108. The lowest BCUT2D eigenvalue weighted by atomic mass is 9.94. The Kier molecular flexibility index (Phi) is 5.57. The molecule has 0 aromatic carbocycles. The highest BCUT2D eigenvalue weighted by Gasteiger charge is 2.19. The summed E-state index contributed by atoms with van der Waals surface area (Å²) < 4.78 is 0. The molecule has 0 aliphatic heterocycles. The van der Waals surface area contributed by atoms with Crippen molar-refractivity contribution in [3.05, 3.63) is 0 Å². The molecule has 1 N–H and O–H groups in total. The summed E-state index contributed by atoms with van der Waals surface area (Å²) in [6.45, 7) is 11.0. The van der Waals surface area contributed by atoms with Crippen molar-refractivity contribution in [1.29, 1.82) is 0 Å². The summed E-state index contributed by atoms with van der Waals surface area (Å²) in [7, 11) is 2.13. The van der Waals surface area contributed by atoms with Crippen LogP contribution in [-0.2, 0) is 0 Å². The zero-order chi connectivity index (χ0) is 10.5. The maximum absolute atomic E-state index is 9.11. The van der Waals surface area contributed by atoms with Crippen molar-refractivity contribution in [3.8, 4) is 0 Å². The summed E-state index contributed by atoms with van der Waals surface area (Å²) in [6.07, 6.45) is 1.23. The van der Waals surface area contributed by atoms with Gasteiger partial charge in [-0.05, 0) is 13.0 Å². The van der Waals surface area contributed by atoms with Crippen LogP contribution in [0.3, 0.4) is 0 Å². The zero-order valence-corrected chi connectivity index (χ0v) is 9.80. The smallest absolute Gasteiger partial charge is 0.0494 e. The number of hydrogen-bond donors (Lipinski definition) is 1. The van der Waals surface area contributed by atoms with Gasteiger partial charge in [-0.25, -0.2) is 0 Å². The average molecular weight is 187 g/mol. The second-order valence-electron chi connectivity index (χ2n) is 5.03. The SMILES string of the molecule is CCC(C)CN(C)CC(C)(C)CO. The van der Waals surface area contributed by atoms with Gasteiger partial charge in [0.1, 0.15) is 0 Å². The van der Waals surface area contributed by atoms with E-state index >= 15 is 0 Å². The Morgan fingerprint density at radius 3 is 2.31 bits per heavy atom. The van der Waals surface area contributed by atoms with E-state index in [1.54, 1.807) is 0 Å². The second kappa shape index (κ2) is 5.61. The van der Waals surface area contributed by atoms with Gasteiger partial charge in [0.05, 0.1) is 0 Å². The van der Waals surface area contributed by atoms with Crippen LogP contribution in [0.15, 0.2) is 0 Å². The van der Waals surface area contributed by atoms with Crippen molar-refractivity contribution in [2.45, 2.75) is 34.1 Å². The molecule has 0 bridgehead atoms. The van der Waals surface area contributed by atoms with E-state index in [0.717, 1.165) is 19.0 Å². The fraction of sp³-hybridized carbons (Fsp3) is 1.00. The van der Waals surface area contributed by atoms with Gasteiger partial charge in [-0.3, -0.25) is 0 Å². The van der Waals surface area contributed by atoms with E-state index in [2.05, 4.69) is 39.6 Å². The number of aliphatic hydroxyl groups excluding tert-OH is 1. The third-order valence-corrected chi connectivity index (χ3v) is 2.45. The maximum atomic E-state index is 9.11. The summed E-state index contributed by atoms with van der Waals surface area (Å²) >= 11 is 0. The summed E-state index contributed by atoms with van der Waals surface area (Å²) in [6, 6.07) is 0. The molecule has 13 heavy (non-hydrogen) atoms. The molecule has 0 aromatic heterocycles. The minimum atomic E-state index is 0.0300. The minimum Gasteiger partial charge on any atom is -0.396 e. The number of hydrogen-bond acceptors (Lipinski definition) is 2. The van der Waals surface area contributed by atoms with Gasteiger partial charge in [-0.1, -0.05) is 34.1 Å². The lowest BCUT2D eigenvalue weighted by Crippen LogP contribution is -2.36. The van der Waals surface area contributed by atoms with E-state index in [1.807, 2.05) is 0 Å². The van der Waals surface area contributed by atoms with Crippen molar-refractivity contribution >= 4 is 0 Å². The van der Waals surface area contributed by atoms with Crippen LogP contribution in [0.2, 0.25) is 0 Å². The zero-order valence-electron chi connectivity index (χ0n) is 9.80. The third-order valence-electron chi connectivity index (χ3n) is 2.45. The molecule has 0 heterocycles. The Morgan fingerprint density at radius 1 is 1.38 bits per heavy atom. The Hall–Kier alpha value is -0.0800. The molecule has 0 aliphatic carbocycles. The lowest BCUT2D eigenvalue weighted by Gasteiger charge is -2.29. The Labute approximate surface area is 82.9 Å². The molecule has 1 unspecified atom stereocenters. The number of rotatable bonds is 6. The fourth-order valence-corrected chi connectivity index (χ4v) is 1.51. The molecule has 0 aliphatic rings. The van der Waals surface area contributed by atoms with E-state index in [1.165, 1.54) is 6.42 Å². The highest BCUT2D eigenvalue weighted by Crippen LogP contribution is 2.15. The van der Waals surface area contributed by atoms with Crippen molar-refractivity contribution in [1.82, 2.24) is 4.90 Å². The summed E-state index contributed by atoms with van der Waals surface area (Å²) in [5, 5.41) is 9.11. The average Bonchev–Trinajstić information content (AvgIpc) is 2.03. The van der Waals surface area contributed by atoms with Gasteiger partial charge in [-0.15, -0.1) is 0 Å². The van der Waals surface area contributed by atoms with Crippen molar-refractivity contribution in [3.63, 3.8) is 0 Å². The summed E-state index contributed by atoms with van der Waals surface area (Å²) in [5.41, 5.74) is 0.0300. The molecule has 0 radical (unpaired) electrons. The largest absolute Gasteiger partial charge is 0.396 e. The van der Waals surface area contributed by atoms with E-state index < -0.39 is 0 Å².